The van der Waals surface area contributed by atoms with E-state index in [1.165, 1.54) is 0 Å². The molecule has 5 nitrogen and oxygen atoms in total. The van der Waals surface area contributed by atoms with Crippen LogP contribution in [-0.2, 0) is 22.5 Å². The Morgan fingerprint density at radius 2 is 2.29 bits per heavy atom. The van der Waals surface area contributed by atoms with Gasteiger partial charge >= 0.3 is 0 Å². The van der Waals surface area contributed by atoms with E-state index in [0.29, 0.717) is 24.6 Å². The molecular weight excluding hydrogens is 374 g/mol. The quantitative estimate of drug-likeness (QED) is 0.563. The first kappa shape index (κ1) is 20.4. The fraction of sp³-hybridized carbons (Fsp3) is 0.409. The van der Waals surface area contributed by atoms with Crippen molar-refractivity contribution in [1.82, 2.24) is 4.90 Å². The van der Waals surface area contributed by atoms with E-state index >= 15 is 0 Å². The largest absolute Gasteiger partial charge is 0.493 e. The summed E-state index contributed by atoms with van der Waals surface area (Å²) in [5.74, 6) is 1.13. The van der Waals surface area contributed by atoms with Gasteiger partial charge in [0.25, 0.3) is 5.91 Å². The van der Waals surface area contributed by atoms with Gasteiger partial charge in [-0.05, 0) is 48.4 Å². The summed E-state index contributed by atoms with van der Waals surface area (Å²) in [6.07, 6.45) is 4.75. The van der Waals surface area contributed by atoms with E-state index < -0.39 is 0 Å². The Labute approximate surface area is 170 Å². The zero-order chi connectivity index (χ0) is 19.8. The first-order valence-corrected chi connectivity index (χ1v) is 10.4. The maximum Gasteiger partial charge on any atom is 0.260 e. The second-order valence-electron chi connectivity index (χ2n) is 6.76. The van der Waals surface area contributed by atoms with Crippen LogP contribution < -0.4 is 9.47 Å². The average molecular weight is 402 g/mol. The fourth-order valence-electron chi connectivity index (χ4n) is 3.23. The lowest BCUT2D eigenvalue weighted by atomic mass is 10.1. The van der Waals surface area contributed by atoms with Crippen LogP contribution in [0.4, 0.5) is 0 Å². The van der Waals surface area contributed by atoms with Crippen molar-refractivity contribution < 1.29 is 19.0 Å². The molecule has 28 heavy (non-hydrogen) atoms. The summed E-state index contributed by atoms with van der Waals surface area (Å²) in [7, 11) is 1.60. The lowest BCUT2D eigenvalue weighted by Gasteiger charge is -2.25. The highest BCUT2D eigenvalue weighted by molar-refractivity contribution is 7.09. The molecule has 0 bridgehead atoms. The number of amides is 1. The minimum atomic E-state index is -0.0545. The van der Waals surface area contributed by atoms with Crippen LogP contribution in [0.2, 0.25) is 0 Å². The summed E-state index contributed by atoms with van der Waals surface area (Å²) in [6.45, 7) is 5.67. The van der Waals surface area contributed by atoms with Gasteiger partial charge in [0.1, 0.15) is 0 Å². The van der Waals surface area contributed by atoms with Crippen molar-refractivity contribution in [3.05, 3.63) is 58.8 Å². The van der Waals surface area contributed by atoms with Gasteiger partial charge in [0.2, 0.25) is 0 Å². The van der Waals surface area contributed by atoms with Crippen LogP contribution in [0.25, 0.3) is 0 Å². The zero-order valence-corrected chi connectivity index (χ0v) is 17.1. The molecule has 0 saturated carbocycles. The van der Waals surface area contributed by atoms with Crippen LogP contribution in [0, 0.1) is 0 Å². The van der Waals surface area contributed by atoms with Gasteiger partial charge in [-0.2, -0.15) is 0 Å². The highest BCUT2D eigenvalue weighted by atomic mass is 32.1. The Hall–Kier alpha value is -2.31. The Balaban J connectivity index is 1.64. The van der Waals surface area contributed by atoms with Gasteiger partial charge < -0.3 is 19.1 Å². The molecule has 6 heteroatoms. The number of nitrogens with zero attached hydrogens (tertiary/aromatic N) is 1. The number of hydrogen-bond donors (Lipinski definition) is 0. The lowest BCUT2D eigenvalue weighted by Crippen LogP contribution is -2.39. The number of carbonyl (C=O) groups is 1. The van der Waals surface area contributed by atoms with E-state index in [0.717, 1.165) is 36.3 Å². The Kier molecular flexibility index (Phi) is 7.51. The predicted octanol–water partition coefficient (Wildman–Crippen LogP) is 4.07. The number of hydrogen-bond acceptors (Lipinski definition) is 5. The molecule has 0 N–H and O–H groups in total. The van der Waals surface area contributed by atoms with Gasteiger partial charge in [-0.25, -0.2) is 0 Å². The minimum Gasteiger partial charge on any atom is -0.493 e. The van der Waals surface area contributed by atoms with Crippen LogP contribution in [0.1, 0.15) is 23.3 Å². The van der Waals surface area contributed by atoms with Crippen molar-refractivity contribution in [3.63, 3.8) is 0 Å². The molecule has 1 atom stereocenters. The van der Waals surface area contributed by atoms with Gasteiger partial charge in [0.15, 0.2) is 18.1 Å². The number of methoxy groups -OCH3 is 1. The van der Waals surface area contributed by atoms with Crippen LogP contribution >= 0.6 is 11.3 Å². The Morgan fingerprint density at radius 3 is 2.96 bits per heavy atom. The highest BCUT2D eigenvalue weighted by Crippen LogP contribution is 2.28. The molecule has 0 aliphatic carbocycles. The van der Waals surface area contributed by atoms with E-state index in [4.69, 9.17) is 14.2 Å². The first-order chi connectivity index (χ1) is 13.7. The molecule has 0 radical (unpaired) electrons. The average Bonchev–Trinajstić information content (AvgIpc) is 3.40. The molecule has 1 saturated heterocycles. The van der Waals surface area contributed by atoms with Gasteiger partial charge in [-0.3, -0.25) is 4.79 Å². The molecule has 1 unspecified atom stereocenters. The predicted molar refractivity (Wildman–Crippen MR) is 111 cm³/mol. The maximum atomic E-state index is 12.9. The monoisotopic (exact) mass is 401 g/mol. The van der Waals surface area contributed by atoms with Gasteiger partial charge in [0.05, 0.1) is 19.8 Å². The van der Waals surface area contributed by atoms with Crippen molar-refractivity contribution >= 4 is 17.2 Å². The Morgan fingerprint density at radius 1 is 1.39 bits per heavy atom. The van der Waals surface area contributed by atoms with E-state index in [1.807, 2.05) is 46.7 Å². The van der Waals surface area contributed by atoms with Gasteiger partial charge in [0, 0.05) is 18.0 Å². The molecule has 1 aromatic carbocycles. The summed E-state index contributed by atoms with van der Waals surface area (Å²) >= 11 is 1.65. The number of benzene rings is 1. The maximum absolute atomic E-state index is 12.9. The summed E-state index contributed by atoms with van der Waals surface area (Å²) in [6, 6.07) is 9.76. The SMILES string of the molecule is C=CCc1ccc(OCC(=O)N(Cc2cccs2)CC2CCCO2)c(OC)c1. The third kappa shape index (κ3) is 5.59. The van der Waals surface area contributed by atoms with Crippen LogP contribution in [-0.4, -0.2) is 43.8 Å². The van der Waals surface area contributed by atoms with Crippen molar-refractivity contribution in [3.8, 4) is 11.5 Å². The molecule has 2 aromatic rings. The molecule has 1 amide bonds. The van der Waals surface area contributed by atoms with E-state index in [9.17, 15) is 4.79 Å². The topological polar surface area (TPSA) is 48.0 Å². The van der Waals surface area contributed by atoms with Crippen molar-refractivity contribution in [2.75, 3.05) is 26.9 Å². The highest BCUT2D eigenvalue weighted by Gasteiger charge is 2.23. The number of rotatable bonds is 10. The number of carbonyl (C=O) groups excluding carboxylic acids is 1. The number of allylic oxidation sites excluding steroid dienone is 1. The van der Waals surface area contributed by atoms with Crippen LogP contribution in [0.5, 0.6) is 11.5 Å². The standard InChI is InChI=1S/C22H27NO4S/c1-3-6-17-9-10-20(21(13-17)25-2)27-16-22(24)23(14-18-7-4-11-26-18)15-19-8-5-12-28-19/h3,5,8-10,12-13,18H,1,4,6-7,11,14-16H2,2H3. The zero-order valence-electron chi connectivity index (χ0n) is 16.3. The van der Waals surface area contributed by atoms with Crippen LogP contribution in [0.15, 0.2) is 48.4 Å². The summed E-state index contributed by atoms with van der Waals surface area (Å²) in [4.78, 5) is 15.9. The normalized spacial score (nSPS) is 16.0. The van der Waals surface area contributed by atoms with Crippen LogP contribution in [0.3, 0.4) is 0 Å². The number of thiophene rings is 1. The summed E-state index contributed by atoms with van der Waals surface area (Å²) in [5, 5.41) is 2.02. The van der Waals surface area contributed by atoms with E-state index in [1.54, 1.807) is 18.4 Å². The second-order valence-corrected chi connectivity index (χ2v) is 7.79. The molecule has 150 valence electrons. The Bertz CT molecular complexity index is 769. The van der Waals surface area contributed by atoms with E-state index in [2.05, 4.69) is 6.58 Å². The van der Waals surface area contributed by atoms with E-state index in [-0.39, 0.29) is 18.6 Å². The molecule has 0 spiro atoms. The molecule has 1 aliphatic heterocycles. The van der Waals surface area contributed by atoms with Gasteiger partial charge in [-0.1, -0.05) is 18.2 Å². The summed E-state index contributed by atoms with van der Waals surface area (Å²) in [5.41, 5.74) is 1.09. The molecule has 1 aliphatic rings. The third-order valence-electron chi connectivity index (χ3n) is 4.69. The molecule has 1 aromatic heterocycles. The first-order valence-electron chi connectivity index (χ1n) is 9.52. The molecule has 3 rings (SSSR count). The molecule has 2 heterocycles. The molecule has 1 fully saturated rings. The lowest BCUT2D eigenvalue weighted by molar-refractivity contribution is -0.135. The fourth-order valence-corrected chi connectivity index (χ4v) is 3.95. The molecular formula is C22H27NO4S. The smallest absolute Gasteiger partial charge is 0.260 e. The van der Waals surface area contributed by atoms with Crippen molar-refractivity contribution in [2.24, 2.45) is 0 Å². The second kappa shape index (κ2) is 10.3. The van der Waals surface area contributed by atoms with Crippen molar-refractivity contribution in [2.45, 2.75) is 31.9 Å². The number of ether oxygens (including phenoxy) is 3. The third-order valence-corrected chi connectivity index (χ3v) is 5.55. The van der Waals surface area contributed by atoms with Crippen molar-refractivity contribution in [1.29, 1.82) is 0 Å². The summed E-state index contributed by atoms with van der Waals surface area (Å²) < 4.78 is 17.0. The minimum absolute atomic E-state index is 0.0325. The van der Waals surface area contributed by atoms with Gasteiger partial charge in [-0.15, -0.1) is 17.9 Å².